The zero-order valence-electron chi connectivity index (χ0n) is 17.0. The average Bonchev–Trinajstić information content (AvgIpc) is 3.44. The molecule has 4 rings (SSSR count). The Morgan fingerprint density at radius 2 is 1.97 bits per heavy atom. The highest BCUT2D eigenvalue weighted by Crippen LogP contribution is 2.20. The molecule has 1 aromatic carbocycles. The van der Waals surface area contributed by atoms with Crippen molar-refractivity contribution in [3.8, 4) is 0 Å². The molecule has 0 aliphatic heterocycles. The Labute approximate surface area is 182 Å². The van der Waals surface area contributed by atoms with Gasteiger partial charge in [0.25, 0.3) is 5.91 Å². The molecule has 4 aromatic rings. The van der Waals surface area contributed by atoms with Crippen LogP contribution in [0.1, 0.15) is 32.2 Å². The van der Waals surface area contributed by atoms with Crippen LogP contribution in [-0.4, -0.2) is 30.4 Å². The zero-order chi connectivity index (χ0) is 22.0. The minimum atomic E-state index is -0.536. The molecule has 10 heteroatoms. The van der Waals surface area contributed by atoms with Gasteiger partial charge in [-0.1, -0.05) is 12.1 Å². The first-order chi connectivity index (χ1) is 14.9. The lowest BCUT2D eigenvalue weighted by molar-refractivity contribution is -0.389. The van der Waals surface area contributed by atoms with Crippen LogP contribution in [0, 0.1) is 24.0 Å². The number of anilines is 1. The summed E-state index contributed by atoms with van der Waals surface area (Å²) in [5.74, 6) is -0.403. The first kappa shape index (κ1) is 20.5. The molecule has 1 N–H and O–H groups in total. The lowest BCUT2D eigenvalue weighted by atomic mass is 10.2. The molecule has 1 amide bonds. The maximum absolute atomic E-state index is 12.7. The van der Waals surface area contributed by atoms with Crippen molar-refractivity contribution in [3.05, 3.63) is 91.5 Å². The molecule has 0 saturated carbocycles. The number of nitrogens with one attached hydrogen (secondary N) is 1. The van der Waals surface area contributed by atoms with Gasteiger partial charge in [-0.15, -0.1) is 11.3 Å². The fraction of sp³-hybridized carbons (Fsp3) is 0.190. The SMILES string of the molecule is Cc1cc(C)n(Cc2cccc(NC(=O)c3cc(Cn4ccc([N+](=O)[O-])n4)cs3)c2)n1. The van der Waals surface area contributed by atoms with E-state index in [1.165, 1.54) is 22.1 Å². The number of benzene rings is 1. The van der Waals surface area contributed by atoms with Gasteiger partial charge >= 0.3 is 5.82 Å². The van der Waals surface area contributed by atoms with Gasteiger partial charge in [0.2, 0.25) is 0 Å². The van der Waals surface area contributed by atoms with Gasteiger partial charge in [0, 0.05) is 11.4 Å². The van der Waals surface area contributed by atoms with E-state index in [9.17, 15) is 14.9 Å². The standard InChI is InChI=1S/C21H20N6O3S/c1-14-8-15(2)26(23-14)12-16-4-3-5-18(9-16)22-21(28)19-10-17(13-31-19)11-25-7-6-20(24-25)27(29)30/h3-10,13H,11-12H2,1-2H3,(H,22,28). The number of thiophene rings is 1. The van der Waals surface area contributed by atoms with Gasteiger partial charge in [-0.05, 0) is 59.5 Å². The number of rotatable bonds is 7. The monoisotopic (exact) mass is 436 g/mol. The van der Waals surface area contributed by atoms with E-state index in [2.05, 4.69) is 15.5 Å². The number of aryl methyl sites for hydroxylation is 2. The van der Waals surface area contributed by atoms with Crippen molar-refractivity contribution in [2.75, 3.05) is 5.32 Å². The van der Waals surface area contributed by atoms with Crippen LogP contribution in [0.15, 0.2) is 54.0 Å². The van der Waals surface area contributed by atoms with Crippen LogP contribution in [0.25, 0.3) is 0 Å². The van der Waals surface area contributed by atoms with Gasteiger partial charge in [0.1, 0.15) is 0 Å². The lowest BCUT2D eigenvalue weighted by Gasteiger charge is -2.08. The van der Waals surface area contributed by atoms with Crippen molar-refractivity contribution in [2.24, 2.45) is 0 Å². The van der Waals surface area contributed by atoms with Crippen molar-refractivity contribution >= 4 is 28.7 Å². The van der Waals surface area contributed by atoms with E-state index in [1.807, 2.05) is 54.2 Å². The molecular weight excluding hydrogens is 416 g/mol. The molecule has 0 spiro atoms. The van der Waals surface area contributed by atoms with Crippen LogP contribution in [0.2, 0.25) is 0 Å². The minimum Gasteiger partial charge on any atom is -0.358 e. The number of carbonyl (C=O) groups excluding carboxylic acids is 1. The highest BCUT2D eigenvalue weighted by molar-refractivity contribution is 7.12. The first-order valence-electron chi connectivity index (χ1n) is 9.54. The number of carbonyl (C=O) groups is 1. The third-order valence-corrected chi connectivity index (χ3v) is 5.63. The molecule has 0 bridgehead atoms. The summed E-state index contributed by atoms with van der Waals surface area (Å²) in [6, 6.07) is 12.8. The van der Waals surface area contributed by atoms with E-state index < -0.39 is 4.92 Å². The fourth-order valence-corrected chi connectivity index (χ4v) is 4.05. The van der Waals surface area contributed by atoms with Gasteiger partial charge in [0.05, 0.1) is 41.0 Å². The van der Waals surface area contributed by atoms with E-state index in [0.29, 0.717) is 23.7 Å². The molecule has 0 saturated heterocycles. The molecule has 3 heterocycles. The predicted molar refractivity (Wildman–Crippen MR) is 118 cm³/mol. The number of hydrogen-bond acceptors (Lipinski definition) is 6. The summed E-state index contributed by atoms with van der Waals surface area (Å²) < 4.78 is 3.41. The van der Waals surface area contributed by atoms with Gasteiger partial charge in [-0.2, -0.15) is 9.78 Å². The zero-order valence-corrected chi connectivity index (χ0v) is 17.8. The Balaban J connectivity index is 1.41. The molecule has 0 fully saturated rings. The summed E-state index contributed by atoms with van der Waals surface area (Å²) in [6.07, 6.45) is 1.55. The molecule has 158 valence electrons. The quantitative estimate of drug-likeness (QED) is 0.348. The van der Waals surface area contributed by atoms with E-state index in [4.69, 9.17) is 0 Å². The van der Waals surface area contributed by atoms with Crippen LogP contribution in [-0.2, 0) is 13.1 Å². The second-order valence-corrected chi connectivity index (χ2v) is 8.10. The first-order valence-corrected chi connectivity index (χ1v) is 10.4. The Morgan fingerprint density at radius 3 is 2.68 bits per heavy atom. The van der Waals surface area contributed by atoms with Crippen LogP contribution in [0.4, 0.5) is 11.5 Å². The molecular formula is C21H20N6O3S. The summed E-state index contributed by atoms with van der Waals surface area (Å²) in [4.78, 5) is 23.4. The summed E-state index contributed by atoms with van der Waals surface area (Å²) in [5.41, 5.74) is 4.66. The van der Waals surface area contributed by atoms with E-state index in [0.717, 1.165) is 22.5 Å². The van der Waals surface area contributed by atoms with Crippen molar-refractivity contribution in [3.63, 3.8) is 0 Å². The van der Waals surface area contributed by atoms with E-state index in [1.54, 1.807) is 12.3 Å². The van der Waals surface area contributed by atoms with E-state index in [-0.39, 0.29) is 11.7 Å². The highest BCUT2D eigenvalue weighted by atomic mass is 32.1. The smallest absolute Gasteiger partial charge is 0.358 e. The molecule has 31 heavy (non-hydrogen) atoms. The van der Waals surface area contributed by atoms with Crippen molar-refractivity contribution < 1.29 is 9.72 Å². The van der Waals surface area contributed by atoms with E-state index >= 15 is 0 Å². The van der Waals surface area contributed by atoms with Crippen molar-refractivity contribution in [2.45, 2.75) is 26.9 Å². The normalized spacial score (nSPS) is 10.9. The van der Waals surface area contributed by atoms with Crippen molar-refractivity contribution in [1.82, 2.24) is 19.6 Å². The maximum Gasteiger partial charge on any atom is 0.389 e. The molecule has 0 aliphatic carbocycles. The third-order valence-electron chi connectivity index (χ3n) is 4.66. The Hall–Kier alpha value is -3.79. The van der Waals surface area contributed by atoms with Crippen LogP contribution < -0.4 is 5.32 Å². The minimum absolute atomic E-state index is 0.200. The van der Waals surface area contributed by atoms with Crippen LogP contribution >= 0.6 is 11.3 Å². The Morgan fingerprint density at radius 1 is 1.13 bits per heavy atom. The number of amides is 1. The third kappa shape index (κ3) is 4.86. The predicted octanol–water partition coefficient (Wildman–Crippen LogP) is 4.02. The Kier molecular flexibility index (Phi) is 5.63. The Bertz CT molecular complexity index is 1260. The van der Waals surface area contributed by atoms with Crippen LogP contribution in [0.5, 0.6) is 0 Å². The van der Waals surface area contributed by atoms with Crippen LogP contribution in [0.3, 0.4) is 0 Å². The summed E-state index contributed by atoms with van der Waals surface area (Å²) in [7, 11) is 0. The maximum atomic E-state index is 12.7. The molecule has 0 radical (unpaired) electrons. The number of nitro groups is 1. The number of aromatic nitrogens is 4. The largest absolute Gasteiger partial charge is 0.389 e. The topological polar surface area (TPSA) is 108 Å². The van der Waals surface area contributed by atoms with Crippen molar-refractivity contribution in [1.29, 1.82) is 0 Å². The molecule has 9 nitrogen and oxygen atoms in total. The van der Waals surface area contributed by atoms with Gasteiger partial charge in [-0.25, -0.2) is 0 Å². The van der Waals surface area contributed by atoms with Gasteiger partial charge in [-0.3, -0.25) is 9.48 Å². The fourth-order valence-electron chi connectivity index (χ4n) is 3.25. The second kappa shape index (κ2) is 8.52. The highest BCUT2D eigenvalue weighted by Gasteiger charge is 2.14. The molecule has 0 atom stereocenters. The summed E-state index contributed by atoms with van der Waals surface area (Å²) in [6.45, 7) is 4.96. The lowest BCUT2D eigenvalue weighted by Crippen LogP contribution is -2.11. The molecule has 0 aliphatic rings. The summed E-state index contributed by atoms with van der Waals surface area (Å²) in [5, 5.41) is 23.9. The summed E-state index contributed by atoms with van der Waals surface area (Å²) >= 11 is 1.32. The molecule has 0 unspecified atom stereocenters. The number of nitrogens with zero attached hydrogens (tertiary/aromatic N) is 5. The average molecular weight is 436 g/mol. The van der Waals surface area contributed by atoms with Gasteiger partial charge in [0.15, 0.2) is 0 Å². The second-order valence-electron chi connectivity index (χ2n) is 7.19. The number of hydrogen-bond donors (Lipinski definition) is 1. The van der Waals surface area contributed by atoms with Gasteiger partial charge < -0.3 is 15.4 Å². The molecule has 3 aromatic heterocycles.